The summed E-state index contributed by atoms with van der Waals surface area (Å²) in [4.78, 5) is 0. The smallest absolute Gasteiger partial charge is 0.370 e. The number of hydrogen-bond donors (Lipinski definition) is 1. The molecule has 1 aliphatic carbocycles. The molecule has 0 bridgehead atoms. The summed E-state index contributed by atoms with van der Waals surface area (Å²) in [7, 11) is 0. The van der Waals surface area contributed by atoms with Gasteiger partial charge in [-0.05, 0) is 25.7 Å². The lowest BCUT2D eigenvalue weighted by Crippen LogP contribution is -2.31. The van der Waals surface area contributed by atoms with E-state index in [1.807, 2.05) is 0 Å². The van der Waals surface area contributed by atoms with Crippen molar-refractivity contribution >= 4 is 0 Å². The Hall–Kier alpha value is -0.550. The lowest BCUT2D eigenvalue weighted by molar-refractivity contribution is -0.174. The minimum Gasteiger partial charge on any atom is -0.370 e. The summed E-state index contributed by atoms with van der Waals surface area (Å²) in [6, 6.07) is -0.393. The molecule has 1 atom stereocenters. The van der Waals surface area contributed by atoms with Crippen LogP contribution in [0.15, 0.2) is 11.6 Å². The molecule has 2 N–H and O–H groups in total. The third-order valence-corrected chi connectivity index (χ3v) is 2.87. The van der Waals surface area contributed by atoms with Gasteiger partial charge in [-0.1, -0.05) is 24.5 Å². The van der Waals surface area contributed by atoms with Crippen LogP contribution in [0.1, 0.15) is 38.5 Å². The van der Waals surface area contributed by atoms with Gasteiger partial charge in [-0.25, -0.2) is 0 Å². The predicted molar refractivity (Wildman–Crippen MR) is 60.6 cm³/mol. The van der Waals surface area contributed by atoms with E-state index in [4.69, 9.17) is 5.73 Å². The van der Waals surface area contributed by atoms with Crippen molar-refractivity contribution in [2.45, 2.75) is 50.7 Å². The monoisotopic (exact) mass is 251 g/mol. The Morgan fingerprint density at radius 2 is 1.94 bits per heavy atom. The molecule has 0 aromatic heterocycles. The van der Waals surface area contributed by atoms with Gasteiger partial charge in [-0.15, -0.1) is 0 Å². The van der Waals surface area contributed by atoms with Gasteiger partial charge in [-0.2, -0.15) is 13.2 Å². The van der Waals surface area contributed by atoms with Crippen molar-refractivity contribution in [3.63, 3.8) is 0 Å². The molecule has 0 heterocycles. The molecule has 0 aromatic carbocycles. The van der Waals surface area contributed by atoms with Crippen molar-refractivity contribution < 1.29 is 17.9 Å². The summed E-state index contributed by atoms with van der Waals surface area (Å²) in [5, 5.41) is 0. The highest BCUT2D eigenvalue weighted by molar-refractivity contribution is 5.10. The van der Waals surface area contributed by atoms with E-state index in [2.05, 4.69) is 10.8 Å². The number of hydrogen-bond acceptors (Lipinski definition) is 2. The zero-order chi connectivity index (χ0) is 12.7. The fourth-order valence-electron chi connectivity index (χ4n) is 1.96. The average molecular weight is 251 g/mol. The molecule has 0 fully saturated rings. The van der Waals surface area contributed by atoms with Crippen LogP contribution in [0, 0.1) is 0 Å². The van der Waals surface area contributed by atoms with Crippen molar-refractivity contribution in [2.75, 3.05) is 13.2 Å². The van der Waals surface area contributed by atoms with Crippen molar-refractivity contribution in [3.05, 3.63) is 11.6 Å². The molecule has 0 radical (unpaired) electrons. The van der Waals surface area contributed by atoms with Crippen LogP contribution in [0.3, 0.4) is 0 Å². The molecule has 17 heavy (non-hydrogen) atoms. The molecule has 1 unspecified atom stereocenters. The fourth-order valence-corrected chi connectivity index (χ4v) is 1.96. The maximum Gasteiger partial charge on any atom is 0.411 e. The fraction of sp³-hybridized carbons (Fsp3) is 0.833. The van der Waals surface area contributed by atoms with Gasteiger partial charge >= 0.3 is 6.18 Å². The van der Waals surface area contributed by atoms with Crippen LogP contribution in [-0.2, 0) is 4.74 Å². The second-order valence-electron chi connectivity index (χ2n) is 4.47. The van der Waals surface area contributed by atoms with Crippen LogP contribution >= 0.6 is 0 Å². The molecule has 0 saturated carbocycles. The molecule has 100 valence electrons. The third-order valence-electron chi connectivity index (χ3n) is 2.87. The molecule has 0 spiro atoms. The van der Waals surface area contributed by atoms with Gasteiger partial charge in [0.15, 0.2) is 0 Å². The Bertz CT molecular complexity index is 251. The SMILES string of the molecule is NC(COCC(F)(F)F)C1=CCCCCCC1. The zero-order valence-corrected chi connectivity index (χ0v) is 9.93. The first-order valence-corrected chi connectivity index (χ1v) is 6.08. The molecule has 0 saturated heterocycles. The van der Waals surface area contributed by atoms with Gasteiger partial charge in [0.2, 0.25) is 0 Å². The second-order valence-corrected chi connectivity index (χ2v) is 4.47. The number of halogens is 3. The van der Waals surface area contributed by atoms with Crippen LogP contribution in [0.2, 0.25) is 0 Å². The molecule has 1 aliphatic rings. The molecule has 0 amide bonds. The molecular weight excluding hydrogens is 231 g/mol. The van der Waals surface area contributed by atoms with Crippen LogP contribution < -0.4 is 5.73 Å². The summed E-state index contributed by atoms with van der Waals surface area (Å²) < 4.78 is 40.3. The van der Waals surface area contributed by atoms with Crippen molar-refractivity contribution in [1.82, 2.24) is 0 Å². The maximum absolute atomic E-state index is 11.9. The highest BCUT2D eigenvalue weighted by Gasteiger charge is 2.27. The topological polar surface area (TPSA) is 35.2 Å². The van der Waals surface area contributed by atoms with Crippen LogP contribution in [0.4, 0.5) is 13.2 Å². The van der Waals surface area contributed by atoms with Gasteiger partial charge in [0.05, 0.1) is 6.61 Å². The third kappa shape index (κ3) is 6.68. The van der Waals surface area contributed by atoms with E-state index in [0.717, 1.165) is 31.3 Å². The van der Waals surface area contributed by atoms with E-state index < -0.39 is 18.8 Å². The Morgan fingerprint density at radius 1 is 1.24 bits per heavy atom. The van der Waals surface area contributed by atoms with Gasteiger partial charge < -0.3 is 10.5 Å². The summed E-state index contributed by atoms with van der Waals surface area (Å²) in [5.41, 5.74) is 6.89. The highest BCUT2D eigenvalue weighted by atomic mass is 19.4. The standard InChI is InChI=1S/C12H20F3NO/c13-12(14,15)9-17-8-11(16)10-6-4-2-1-3-5-7-10/h6,11H,1-5,7-9,16H2. The van der Waals surface area contributed by atoms with Gasteiger partial charge in [0.1, 0.15) is 6.61 Å². The number of allylic oxidation sites excluding steroid dienone is 1. The van der Waals surface area contributed by atoms with Crippen LogP contribution in [0.5, 0.6) is 0 Å². The first-order chi connectivity index (χ1) is 7.99. The zero-order valence-electron chi connectivity index (χ0n) is 9.93. The largest absolute Gasteiger partial charge is 0.411 e. The Balaban J connectivity index is 2.32. The van der Waals surface area contributed by atoms with Crippen molar-refractivity contribution in [3.8, 4) is 0 Å². The minimum absolute atomic E-state index is 0.0503. The molecule has 0 aromatic rings. The Kier molecular flexibility index (Phi) is 5.98. The second kappa shape index (κ2) is 7.01. The Morgan fingerprint density at radius 3 is 2.65 bits per heavy atom. The minimum atomic E-state index is -4.27. The van der Waals surface area contributed by atoms with E-state index in [0.29, 0.717) is 0 Å². The number of rotatable bonds is 4. The first-order valence-electron chi connectivity index (χ1n) is 6.08. The van der Waals surface area contributed by atoms with E-state index in [1.165, 1.54) is 12.8 Å². The van der Waals surface area contributed by atoms with E-state index in [-0.39, 0.29) is 6.61 Å². The molecule has 5 heteroatoms. The maximum atomic E-state index is 11.9. The van der Waals surface area contributed by atoms with Gasteiger partial charge in [0, 0.05) is 6.04 Å². The number of nitrogens with two attached hydrogens (primary N) is 1. The molecule has 2 nitrogen and oxygen atoms in total. The molecule has 0 aliphatic heterocycles. The van der Waals surface area contributed by atoms with Gasteiger partial charge in [0.25, 0.3) is 0 Å². The van der Waals surface area contributed by atoms with E-state index >= 15 is 0 Å². The van der Waals surface area contributed by atoms with Gasteiger partial charge in [-0.3, -0.25) is 0 Å². The summed E-state index contributed by atoms with van der Waals surface area (Å²) in [5.74, 6) is 0. The number of alkyl halides is 3. The Labute approximate surface area is 100 Å². The predicted octanol–water partition coefficient (Wildman–Crippen LogP) is 3.17. The average Bonchev–Trinajstić information content (AvgIpc) is 2.14. The summed E-state index contributed by atoms with van der Waals surface area (Å²) in [6.45, 7) is -1.26. The van der Waals surface area contributed by atoms with E-state index in [9.17, 15) is 13.2 Å². The lowest BCUT2D eigenvalue weighted by atomic mass is 9.96. The quantitative estimate of drug-likeness (QED) is 0.779. The van der Waals surface area contributed by atoms with E-state index in [1.54, 1.807) is 0 Å². The van der Waals surface area contributed by atoms with Crippen LogP contribution in [0.25, 0.3) is 0 Å². The molecule has 1 rings (SSSR count). The summed E-state index contributed by atoms with van der Waals surface area (Å²) in [6.07, 6.45) is 4.27. The normalized spacial score (nSPS) is 20.4. The van der Waals surface area contributed by atoms with Crippen LogP contribution in [-0.4, -0.2) is 25.4 Å². The highest BCUT2D eigenvalue weighted by Crippen LogP contribution is 2.20. The van der Waals surface area contributed by atoms with Crippen molar-refractivity contribution in [2.24, 2.45) is 5.73 Å². The van der Waals surface area contributed by atoms with Crippen molar-refractivity contribution in [1.29, 1.82) is 0 Å². The molecular formula is C12H20F3NO. The first kappa shape index (κ1) is 14.5. The number of ether oxygens (including phenoxy) is 1. The lowest BCUT2D eigenvalue weighted by Gasteiger charge is -2.18. The summed E-state index contributed by atoms with van der Waals surface area (Å²) >= 11 is 0.